The maximum absolute atomic E-state index is 13.4. The minimum Gasteiger partial charge on any atom is -0.207 e. The Bertz CT molecular complexity index is 1030. The molecule has 27 heavy (non-hydrogen) atoms. The van der Waals surface area contributed by atoms with E-state index in [1.807, 2.05) is 86.7 Å². The van der Waals surface area contributed by atoms with Gasteiger partial charge in [0.15, 0.2) is 0 Å². The van der Waals surface area contributed by atoms with E-state index >= 15 is 0 Å². The molecule has 0 heterocycles. The summed E-state index contributed by atoms with van der Waals surface area (Å²) in [5.41, 5.74) is 2.09. The molecule has 0 aliphatic heterocycles. The number of nitrogens with zero attached hydrogens (tertiary/aromatic N) is 1. The van der Waals surface area contributed by atoms with Crippen LogP contribution in [0.2, 0.25) is 0 Å². The van der Waals surface area contributed by atoms with E-state index < -0.39 is 10.0 Å². The predicted molar refractivity (Wildman–Crippen MR) is 113 cm³/mol. The first-order valence-electron chi connectivity index (χ1n) is 9.22. The van der Waals surface area contributed by atoms with E-state index in [0.717, 1.165) is 28.3 Å². The number of hydrogen-bond acceptors (Lipinski definition) is 2. The van der Waals surface area contributed by atoms with Gasteiger partial charge in [0.2, 0.25) is 10.0 Å². The molecule has 0 amide bonds. The Hall–Kier alpha value is -2.43. The van der Waals surface area contributed by atoms with Crippen LogP contribution >= 0.6 is 0 Å². The van der Waals surface area contributed by atoms with Gasteiger partial charge in [-0.2, -0.15) is 4.31 Å². The summed E-state index contributed by atoms with van der Waals surface area (Å²) in [6, 6.07) is 23.1. The second-order valence-corrected chi connectivity index (χ2v) is 8.62. The summed E-state index contributed by atoms with van der Waals surface area (Å²) in [6.07, 6.45) is 2.81. The number of hydrogen-bond donors (Lipinski definition) is 0. The van der Waals surface area contributed by atoms with Gasteiger partial charge < -0.3 is 0 Å². The van der Waals surface area contributed by atoms with Crippen LogP contribution in [0.1, 0.15) is 25.8 Å². The zero-order chi connectivity index (χ0) is 19.3. The van der Waals surface area contributed by atoms with Crippen LogP contribution in [0.5, 0.6) is 0 Å². The lowest BCUT2D eigenvalue weighted by atomic mass is 10.1. The molecule has 3 nitrogen and oxygen atoms in total. The molecule has 140 valence electrons. The van der Waals surface area contributed by atoms with Crippen molar-refractivity contribution >= 4 is 26.9 Å². The summed E-state index contributed by atoms with van der Waals surface area (Å²) >= 11 is 0. The Morgan fingerprint density at radius 2 is 1.59 bits per heavy atom. The van der Waals surface area contributed by atoms with Crippen LogP contribution in [-0.4, -0.2) is 25.8 Å². The molecular formula is C23H25NO2S. The molecule has 0 saturated carbocycles. The first-order chi connectivity index (χ1) is 13.0. The molecule has 4 heteroatoms. The summed E-state index contributed by atoms with van der Waals surface area (Å²) in [7, 11) is -3.58. The average Bonchev–Trinajstić information content (AvgIpc) is 2.68. The van der Waals surface area contributed by atoms with E-state index in [4.69, 9.17) is 0 Å². The van der Waals surface area contributed by atoms with Gasteiger partial charge in [0, 0.05) is 18.5 Å². The number of fused-ring (bicyclic) bond motifs is 1. The molecule has 0 fully saturated rings. The average molecular weight is 380 g/mol. The van der Waals surface area contributed by atoms with Crippen LogP contribution in [0.25, 0.3) is 16.8 Å². The lowest BCUT2D eigenvalue weighted by molar-refractivity contribution is 0.435. The van der Waals surface area contributed by atoms with Crippen LogP contribution < -0.4 is 0 Å². The lowest BCUT2D eigenvalue weighted by Gasteiger charge is -2.23. The molecule has 3 aromatic carbocycles. The summed E-state index contributed by atoms with van der Waals surface area (Å²) in [4.78, 5) is 0.376. The molecule has 0 N–H and O–H groups in total. The van der Waals surface area contributed by atoms with E-state index in [-0.39, 0.29) is 0 Å². The van der Waals surface area contributed by atoms with Crippen LogP contribution in [0.3, 0.4) is 0 Å². The normalized spacial score (nSPS) is 12.6. The fourth-order valence-corrected chi connectivity index (χ4v) is 5.04. The van der Waals surface area contributed by atoms with Crippen LogP contribution in [0.15, 0.2) is 83.3 Å². The highest BCUT2D eigenvalue weighted by atomic mass is 32.2. The van der Waals surface area contributed by atoms with E-state index in [1.54, 1.807) is 10.4 Å². The summed E-state index contributed by atoms with van der Waals surface area (Å²) in [5.74, 6) is 0. The first kappa shape index (κ1) is 19.3. The molecule has 3 aromatic rings. The highest BCUT2D eigenvalue weighted by molar-refractivity contribution is 7.89. The molecular weight excluding hydrogens is 354 g/mol. The summed E-state index contributed by atoms with van der Waals surface area (Å²) in [6.45, 7) is 4.86. The highest BCUT2D eigenvalue weighted by Crippen LogP contribution is 2.26. The molecule has 0 unspecified atom stereocenters. The van der Waals surface area contributed by atoms with Crippen molar-refractivity contribution in [1.29, 1.82) is 0 Å². The third-order valence-electron chi connectivity index (χ3n) is 4.48. The summed E-state index contributed by atoms with van der Waals surface area (Å²) in [5, 5.41) is 1.71. The Kier molecular flexibility index (Phi) is 6.09. The Balaban J connectivity index is 1.97. The van der Waals surface area contributed by atoms with Gasteiger partial charge in [-0.3, -0.25) is 0 Å². The molecule has 0 radical (unpaired) electrons. The van der Waals surface area contributed by atoms with E-state index in [0.29, 0.717) is 18.0 Å². The maximum atomic E-state index is 13.4. The fourth-order valence-electron chi connectivity index (χ4n) is 3.25. The van der Waals surface area contributed by atoms with Crippen molar-refractivity contribution < 1.29 is 8.42 Å². The topological polar surface area (TPSA) is 37.4 Å². The minimum atomic E-state index is -3.58. The van der Waals surface area contributed by atoms with Gasteiger partial charge in [-0.15, -0.1) is 0 Å². The molecule has 0 saturated heterocycles. The van der Waals surface area contributed by atoms with Crippen LogP contribution in [0, 0.1) is 0 Å². The fraction of sp³-hybridized carbons (Fsp3) is 0.217. The second-order valence-electron chi connectivity index (χ2n) is 6.72. The third-order valence-corrected chi connectivity index (χ3v) is 6.38. The van der Waals surface area contributed by atoms with Gasteiger partial charge in [0.05, 0.1) is 4.90 Å². The van der Waals surface area contributed by atoms with Crippen molar-refractivity contribution in [2.45, 2.75) is 25.2 Å². The van der Waals surface area contributed by atoms with E-state index in [1.165, 1.54) is 0 Å². The molecule has 0 aliphatic carbocycles. The van der Waals surface area contributed by atoms with Gasteiger partial charge >= 0.3 is 0 Å². The molecule has 0 spiro atoms. The van der Waals surface area contributed by atoms with Gasteiger partial charge in [-0.1, -0.05) is 85.3 Å². The van der Waals surface area contributed by atoms with Crippen molar-refractivity contribution in [3.8, 4) is 0 Å². The van der Waals surface area contributed by atoms with Crippen molar-refractivity contribution in [1.82, 2.24) is 4.31 Å². The SMILES string of the molecule is CCCN(C/C(C)=C/c1ccccc1)S(=O)(=O)c1cccc2ccccc12. The maximum Gasteiger partial charge on any atom is 0.243 e. The molecule has 3 rings (SSSR count). The quantitative estimate of drug-likeness (QED) is 0.555. The van der Waals surface area contributed by atoms with E-state index in [2.05, 4.69) is 0 Å². The predicted octanol–water partition coefficient (Wildman–Crippen LogP) is 5.34. The zero-order valence-electron chi connectivity index (χ0n) is 15.8. The first-order valence-corrected chi connectivity index (χ1v) is 10.7. The number of rotatable bonds is 7. The van der Waals surface area contributed by atoms with Crippen molar-refractivity contribution in [2.75, 3.05) is 13.1 Å². The standard InChI is InChI=1S/C23H25NO2S/c1-3-16-24(18-19(2)17-20-10-5-4-6-11-20)27(25,26)23-15-9-13-21-12-7-8-14-22(21)23/h4-15,17H,3,16,18H2,1-2H3/b19-17+. The number of benzene rings is 3. The van der Waals surface area contributed by atoms with Gasteiger partial charge in [-0.25, -0.2) is 8.42 Å². The monoisotopic (exact) mass is 379 g/mol. The Morgan fingerprint density at radius 1 is 0.926 bits per heavy atom. The Labute approximate surface area is 162 Å². The third kappa shape index (κ3) is 4.46. The number of sulfonamides is 1. The van der Waals surface area contributed by atoms with Crippen molar-refractivity contribution in [3.05, 3.63) is 83.9 Å². The zero-order valence-corrected chi connectivity index (χ0v) is 16.6. The molecule has 0 aromatic heterocycles. The van der Waals surface area contributed by atoms with Gasteiger partial charge in [-0.05, 0) is 30.4 Å². The van der Waals surface area contributed by atoms with Crippen molar-refractivity contribution in [2.24, 2.45) is 0 Å². The van der Waals surface area contributed by atoms with Crippen LogP contribution in [-0.2, 0) is 10.0 Å². The molecule has 0 atom stereocenters. The largest absolute Gasteiger partial charge is 0.243 e. The highest BCUT2D eigenvalue weighted by Gasteiger charge is 2.25. The van der Waals surface area contributed by atoms with Crippen LogP contribution in [0.4, 0.5) is 0 Å². The van der Waals surface area contributed by atoms with Gasteiger partial charge in [0.25, 0.3) is 0 Å². The molecule has 0 aliphatic rings. The van der Waals surface area contributed by atoms with Crippen molar-refractivity contribution in [3.63, 3.8) is 0 Å². The lowest BCUT2D eigenvalue weighted by Crippen LogP contribution is -2.33. The van der Waals surface area contributed by atoms with Gasteiger partial charge in [0.1, 0.15) is 0 Å². The van der Waals surface area contributed by atoms with E-state index in [9.17, 15) is 8.42 Å². The molecule has 0 bridgehead atoms. The Morgan fingerprint density at radius 3 is 2.33 bits per heavy atom. The minimum absolute atomic E-state index is 0.376. The second kappa shape index (κ2) is 8.51. The summed E-state index contributed by atoms with van der Waals surface area (Å²) < 4.78 is 28.4. The smallest absolute Gasteiger partial charge is 0.207 e.